The molecule has 0 saturated carbocycles. The normalized spacial score (nSPS) is 10.0. The number of carbonyl (C=O) groups excluding carboxylic acids is 2. The van der Waals surface area contributed by atoms with Gasteiger partial charge in [-0.1, -0.05) is 12.1 Å². The minimum atomic E-state index is -0.833. The predicted octanol–water partition coefficient (Wildman–Crippen LogP) is 2.24. The van der Waals surface area contributed by atoms with Crippen LogP contribution in [0.25, 0.3) is 0 Å². The van der Waals surface area contributed by atoms with E-state index in [4.69, 9.17) is 4.74 Å². The number of hydrogen-bond donors (Lipinski definition) is 1. The number of nitrogens with one attached hydrogen (secondary N) is 1. The molecule has 2 aromatic carbocycles. The number of anilines is 1. The molecule has 11 heteroatoms. The van der Waals surface area contributed by atoms with E-state index in [1.165, 1.54) is 7.11 Å². The number of nitro benzene ring substituents is 2. The smallest absolute Gasteiger partial charge is 0.317 e. The standard InChI is InChI=1S/C17H15N3O8/c1-27-17(22)8-11-2-4-12(5-3-11)18-16(21)10-28-15-7-6-13(19(23)24)9-14(15)20(25)26/h2-7,9H,8,10H2,1H3,(H,18,21). The molecule has 0 aliphatic heterocycles. The van der Waals surface area contributed by atoms with Crippen LogP contribution in [-0.2, 0) is 20.7 Å². The first-order valence-corrected chi connectivity index (χ1v) is 7.81. The second kappa shape index (κ2) is 9.07. The molecule has 11 nitrogen and oxygen atoms in total. The van der Waals surface area contributed by atoms with E-state index in [-0.39, 0.29) is 12.2 Å². The maximum Gasteiger partial charge on any atom is 0.317 e. The highest BCUT2D eigenvalue weighted by molar-refractivity contribution is 5.92. The minimum absolute atomic E-state index is 0.0949. The lowest BCUT2D eigenvalue weighted by Gasteiger charge is -2.08. The highest BCUT2D eigenvalue weighted by Gasteiger charge is 2.21. The summed E-state index contributed by atoms with van der Waals surface area (Å²) >= 11 is 0. The molecule has 0 aromatic heterocycles. The van der Waals surface area contributed by atoms with E-state index < -0.39 is 39.7 Å². The number of nitro groups is 2. The lowest BCUT2D eigenvalue weighted by Crippen LogP contribution is -2.20. The Morgan fingerprint density at radius 1 is 1.04 bits per heavy atom. The first-order valence-electron chi connectivity index (χ1n) is 7.81. The third-order valence-electron chi connectivity index (χ3n) is 3.52. The van der Waals surface area contributed by atoms with Gasteiger partial charge in [-0.3, -0.25) is 29.8 Å². The molecule has 0 radical (unpaired) electrons. The van der Waals surface area contributed by atoms with Gasteiger partial charge in [0.1, 0.15) is 0 Å². The SMILES string of the molecule is COC(=O)Cc1ccc(NC(=O)COc2ccc([N+](=O)[O-])cc2[N+](=O)[O-])cc1. The van der Waals surface area contributed by atoms with Crippen molar-refractivity contribution in [1.82, 2.24) is 0 Å². The van der Waals surface area contributed by atoms with Crippen molar-refractivity contribution in [2.24, 2.45) is 0 Å². The molecule has 2 rings (SSSR count). The third-order valence-corrected chi connectivity index (χ3v) is 3.52. The number of ether oxygens (including phenoxy) is 2. The zero-order chi connectivity index (χ0) is 20.7. The Morgan fingerprint density at radius 3 is 2.29 bits per heavy atom. The molecule has 146 valence electrons. The van der Waals surface area contributed by atoms with Crippen molar-refractivity contribution in [3.8, 4) is 5.75 Å². The summed E-state index contributed by atoms with van der Waals surface area (Å²) in [7, 11) is 1.28. The van der Waals surface area contributed by atoms with Crippen molar-refractivity contribution in [3.05, 3.63) is 68.3 Å². The molecule has 0 fully saturated rings. The van der Waals surface area contributed by atoms with Gasteiger partial charge in [0.2, 0.25) is 0 Å². The Kier molecular flexibility index (Phi) is 6.58. The van der Waals surface area contributed by atoms with Crippen LogP contribution in [0.15, 0.2) is 42.5 Å². The number of non-ortho nitro benzene ring substituents is 1. The van der Waals surface area contributed by atoms with Crippen molar-refractivity contribution in [2.45, 2.75) is 6.42 Å². The molecule has 0 heterocycles. The molecule has 0 aliphatic rings. The van der Waals surface area contributed by atoms with E-state index in [1.807, 2.05) is 0 Å². The number of methoxy groups -OCH3 is 1. The van der Waals surface area contributed by atoms with Crippen LogP contribution in [0.4, 0.5) is 17.1 Å². The fraction of sp³-hybridized carbons (Fsp3) is 0.176. The summed E-state index contributed by atoms with van der Waals surface area (Å²) in [6.45, 7) is -0.539. The monoisotopic (exact) mass is 389 g/mol. The van der Waals surface area contributed by atoms with Gasteiger partial charge in [-0.15, -0.1) is 0 Å². The van der Waals surface area contributed by atoms with Gasteiger partial charge in [-0.05, 0) is 23.8 Å². The van der Waals surface area contributed by atoms with Gasteiger partial charge in [0.05, 0.1) is 29.4 Å². The Bertz CT molecular complexity index is 911. The van der Waals surface area contributed by atoms with Gasteiger partial charge in [-0.2, -0.15) is 0 Å². The van der Waals surface area contributed by atoms with E-state index in [1.54, 1.807) is 24.3 Å². The fourth-order valence-electron chi connectivity index (χ4n) is 2.17. The zero-order valence-electron chi connectivity index (χ0n) is 14.6. The van der Waals surface area contributed by atoms with E-state index in [2.05, 4.69) is 10.1 Å². The largest absolute Gasteiger partial charge is 0.477 e. The number of hydrogen-bond acceptors (Lipinski definition) is 8. The van der Waals surface area contributed by atoms with Crippen LogP contribution in [-0.4, -0.2) is 35.4 Å². The summed E-state index contributed by atoms with van der Waals surface area (Å²) in [4.78, 5) is 43.3. The first kappa shape index (κ1) is 20.3. The third kappa shape index (κ3) is 5.49. The molecule has 0 saturated heterocycles. The topological polar surface area (TPSA) is 151 Å². The highest BCUT2D eigenvalue weighted by Crippen LogP contribution is 2.30. The molecule has 0 bridgehead atoms. The highest BCUT2D eigenvalue weighted by atomic mass is 16.6. The van der Waals surface area contributed by atoms with E-state index in [9.17, 15) is 29.8 Å². The molecule has 2 aromatic rings. The lowest BCUT2D eigenvalue weighted by atomic mass is 10.1. The van der Waals surface area contributed by atoms with Gasteiger partial charge in [0.25, 0.3) is 11.6 Å². The molecule has 1 N–H and O–H groups in total. The average Bonchev–Trinajstić information content (AvgIpc) is 2.67. The summed E-state index contributed by atoms with van der Waals surface area (Å²) in [6, 6.07) is 9.27. The molecule has 0 aliphatic carbocycles. The summed E-state index contributed by atoms with van der Waals surface area (Å²) in [5.74, 6) is -1.25. The second-order valence-electron chi connectivity index (χ2n) is 5.45. The van der Waals surface area contributed by atoms with Crippen LogP contribution in [0, 0.1) is 20.2 Å². The number of benzene rings is 2. The maximum absolute atomic E-state index is 12.0. The van der Waals surface area contributed by atoms with Crippen molar-refractivity contribution in [3.63, 3.8) is 0 Å². The van der Waals surface area contributed by atoms with Crippen LogP contribution >= 0.6 is 0 Å². The van der Waals surface area contributed by atoms with Gasteiger partial charge in [0.15, 0.2) is 12.4 Å². The average molecular weight is 389 g/mol. The predicted molar refractivity (Wildman–Crippen MR) is 96.0 cm³/mol. The summed E-state index contributed by atoms with van der Waals surface area (Å²) in [5.41, 5.74) is 0.0488. The van der Waals surface area contributed by atoms with Crippen LogP contribution in [0.2, 0.25) is 0 Å². The summed E-state index contributed by atoms with van der Waals surface area (Å²) in [6.07, 6.45) is 0.0949. The Morgan fingerprint density at radius 2 is 1.71 bits per heavy atom. The molecular formula is C17H15N3O8. The van der Waals surface area contributed by atoms with Crippen LogP contribution in [0.3, 0.4) is 0 Å². The lowest BCUT2D eigenvalue weighted by molar-refractivity contribution is -0.394. The Hall–Kier alpha value is -4.02. The first-order chi connectivity index (χ1) is 13.3. The van der Waals surface area contributed by atoms with Crippen molar-refractivity contribution in [1.29, 1.82) is 0 Å². The van der Waals surface area contributed by atoms with Crippen LogP contribution in [0.1, 0.15) is 5.56 Å². The summed E-state index contributed by atoms with van der Waals surface area (Å²) in [5, 5.41) is 24.3. The molecule has 0 spiro atoms. The Balaban J connectivity index is 1.98. The van der Waals surface area contributed by atoms with Crippen molar-refractivity contribution >= 4 is 28.9 Å². The van der Waals surface area contributed by atoms with Gasteiger partial charge >= 0.3 is 11.7 Å². The fourth-order valence-corrected chi connectivity index (χ4v) is 2.17. The number of nitrogens with zero attached hydrogens (tertiary/aromatic N) is 2. The van der Waals surface area contributed by atoms with Crippen molar-refractivity contribution < 1.29 is 28.9 Å². The molecule has 0 unspecified atom stereocenters. The number of rotatable bonds is 8. The van der Waals surface area contributed by atoms with E-state index in [0.29, 0.717) is 11.3 Å². The molecule has 0 atom stereocenters. The van der Waals surface area contributed by atoms with Gasteiger partial charge in [0, 0.05) is 11.8 Å². The zero-order valence-corrected chi connectivity index (χ0v) is 14.6. The second-order valence-corrected chi connectivity index (χ2v) is 5.45. The van der Waals surface area contributed by atoms with Gasteiger partial charge < -0.3 is 14.8 Å². The number of esters is 1. The molecular weight excluding hydrogens is 374 g/mol. The maximum atomic E-state index is 12.0. The van der Waals surface area contributed by atoms with Gasteiger partial charge in [-0.25, -0.2) is 0 Å². The van der Waals surface area contributed by atoms with E-state index in [0.717, 1.165) is 18.2 Å². The minimum Gasteiger partial charge on any atom is -0.477 e. The Labute approximate surface area is 158 Å². The van der Waals surface area contributed by atoms with Crippen LogP contribution in [0.5, 0.6) is 5.75 Å². The summed E-state index contributed by atoms with van der Waals surface area (Å²) < 4.78 is 9.68. The van der Waals surface area contributed by atoms with E-state index >= 15 is 0 Å². The molecule has 28 heavy (non-hydrogen) atoms. The van der Waals surface area contributed by atoms with Crippen LogP contribution < -0.4 is 10.1 Å². The van der Waals surface area contributed by atoms with Crippen molar-refractivity contribution in [2.75, 3.05) is 19.0 Å². The quantitative estimate of drug-likeness (QED) is 0.410. The number of amides is 1. The molecule has 1 amide bonds. The number of carbonyl (C=O) groups is 2.